The number of hydrogen-bond donors (Lipinski definition) is 0. The quantitative estimate of drug-likeness (QED) is 0.542. The van der Waals surface area contributed by atoms with Gasteiger partial charge in [0.1, 0.15) is 25.2 Å². The van der Waals surface area contributed by atoms with Crippen molar-refractivity contribution in [3.05, 3.63) is 23.8 Å². The van der Waals surface area contributed by atoms with Crippen LogP contribution < -0.4 is 10.2 Å². The van der Waals surface area contributed by atoms with Crippen LogP contribution in [0.2, 0.25) is 0 Å². The molecule has 1 rings (SSSR count). The molecular weight excluding hydrogens is 149 g/mol. The molecule has 0 aliphatic carbocycles. The van der Waals surface area contributed by atoms with Crippen molar-refractivity contribution in [2.75, 3.05) is 7.11 Å². The first-order valence-electron chi connectivity index (χ1n) is 2.93. The van der Waals surface area contributed by atoms with E-state index in [-0.39, 0.29) is 5.75 Å². The second kappa shape index (κ2) is 2.90. The minimum Gasteiger partial charge on any atom is -0.497 e. The first-order chi connectivity index (χ1) is 5.15. The van der Waals surface area contributed by atoms with Crippen LogP contribution in [0.1, 0.15) is 0 Å². The highest BCUT2D eigenvalue weighted by Crippen LogP contribution is 2.11. The zero-order valence-corrected chi connectivity index (χ0v) is 5.90. The highest BCUT2D eigenvalue weighted by Gasteiger charge is 2.05. The molecule has 0 aromatic heterocycles. The third-order valence-corrected chi connectivity index (χ3v) is 1.29. The van der Waals surface area contributed by atoms with Crippen LogP contribution in [-0.2, 0) is 0 Å². The van der Waals surface area contributed by atoms with Crippen molar-refractivity contribution in [2.24, 2.45) is 0 Å². The Bertz CT molecular complexity index is 252. The molecule has 0 unspecified atom stereocenters. The summed E-state index contributed by atoms with van der Waals surface area (Å²) in [5.74, 6) is -1.49. The third-order valence-electron chi connectivity index (χ3n) is 1.29. The van der Waals surface area contributed by atoms with Gasteiger partial charge in [-0.3, -0.25) is 0 Å². The minimum absolute atomic E-state index is 0.120. The van der Waals surface area contributed by atoms with E-state index in [1.807, 2.05) is 0 Å². The summed E-state index contributed by atoms with van der Waals surface area (Å²) in [7, 11) is 6.32. The van der Waals surface area contributed by atoms with Crippen molar-refractivity contribution in [2.45, 2.75) is 0 Å². The smallest absolute Gasteiger partial charge is 0.124 e. The van der Waals surface area contributed by atoms with Crippen LogP contribution in [0, 0.1) is 11.6 Å². The molecule has 1 aromatic rings. The summed E-state index contributed by atoms with van der Waals surface area (Å²) < 4.78 is 29.8. The Morgan fingerprint density at radius 1 is 1.27 bits per heavy atom. The average molecular weight is 154 g/mol. The fourth-order valence-corrected chi connectivity index (χ4v) is 0.679. The number of benzene rings is 1. The molecule has 0 aliphatic heterocycles. The number of rotatable bonds is 1. The molecule has 4 heteroatoms. The molecule has 0 heterocycles. The van der Waals surface area contributed by atoms with E-state index in [1.165, 1.54) is 7.11 Å². The Balaban J connectivity index is 3.21. The molecule has 0 amide bonds. The van der Waals surface area contributed by atoms with Gasteiger partial charge >= 0.3 is 0 Å². The Labute approximate surface area is 64.4 Å². The highest BCUT2D eigenvalue weighted by molar-refractivity contribution is 6.32. The molecule has 1 nitrogen and oxygen atoms in total. The molecule has 56 valence electrons. The van der Waals surface area contributed by atoms with Crippen LogP contribution in [0.5, 0.6) is 5.75 Å². The van der Waals surface area contributed by atoms with Crippen LogP contribution in [-0.4, -0.2) is 15.0 Å². The van der Waals surface area contributed by atoms with Gasteiger partial charge in [-0.05, 0) is 5.46 Å². The van der Waals surface area contributed by atoms with Gasteiger partial charge in [0, 0.05) is 12.1 Å². The zero-order chi connectivity index (χ0) is 8.43. The molecule has 0 bridgehead atoms. The maximum Gasteiger partial charge on any atom is 0.124 e. The fourth-order valence-electron chi connectivity index (χ4n) is 0.679. The van der Waals surface area contributed by atoms with Crippen molar-refractivity contribution < 1.29 is 13.5 Å². The highest BCUT2D eigenvalue weighted by atomic mass is 19.1. The predicted octanol–water partition coefficient (Wildman–Crippen LogP) is 0.767. The van der Waals surface area contributed by atoms with Crippen molar-refractivity contribution in [1.29, 1.82) is 0 Å². The number of hydrogen-bond acceptors (Lipinski definition) is 1. The lowest BCUT2D eigenvalue weighted by atomic mass is 9.95. The molecule has 0 spiro atoms. The molecule has 0 atom stereocenters. The molecule has 0 saturated heterocycles. The van der Waals surface area contributed by atoms with Crippen LogP contribution in [0.3, 0.4) is 0 Å². The first kappa shape index (κ1) is 8.05. The molecule has 2 radical (unpaired) electrons. The lowest BCUT2D eigenvalue weighted by molar-refractivity contribution is 0.407. The van der Waals surface area contributed by atoms with Gasteiger partial charge in [0.15, 0.2) is 0 Å². The lowest BCUT2D eigenvalue weighted by Gasteiger charge is -2.02. The maximum atomic E-state index is 12.6. The van der Waals surface area contributed by atoms with Gasteiger partial charge in [-0.2, -0.15) is 0 Å². The zero-order valence-electron chi connectivity index (χ0n) is 5.90. The lowest BCUT2D eigenvalue weighted by Crippen LogP contribution is -2.13. The molecule has 0 saturated carbocycles. The summed E-state index contributed by atoms with van der Waals surface area (Å²) in [5, 5.41) is 0. The van der Waals surface area contributed by atoms with Gasteiger partial charge in [-0.25, -0.2) is 8.78 Å². The van der Waals surface area contributed by atoms with Gasteiger partial charge < -0.3 is 4.74 Å². The second-order valence-electron chi connectivity index (χ2n) is 2.00. The Hall–Kier alpha value is -1.06. The Kier molecular flexibility index (Phi) is 2.12. The predicted molar refractivity (Wildman–Crippen MR) is 38.3 cm³/mol. The van der Waals surface area contributed by atoms with Gasteiger partial charge in [0.25, 0.3) is 0 Å². The van der Waals surface area contributed by atoms with Gasteiger partial charge in [0.2, 0.25) is 0 Å². The standard InChI is InChI=1S/C7H5BF2O/c1-11-4-2-5(9)7(8)6(10)3-4/h2-3H,1H3. The molecule has 0 N–H and O–H groups in total. The van der Waals surface area contributed by atoms with Crippen LogP contribution >= 0.6 is 0 Å². The SMILES string of the molecule is [B]c1c(F)cc(OC)cc1F. The average Bonchev–Trinajstić information content (AvgIpc) is 1.99. The van der Waals surface area contributed by atoms with Crippen LogP contribution in [0.15, 0.2) is 12.1 Å². The molecule has 0 fully saturated rings. The third kappa shape index (κ3) is 1.50. The monoisotopic (exact) mass is 154 g/mol. The maximum absolute atomic E-state index is 12.6. The van der Waals surface area contributed by atoms with Crippen molar-refractivity contribution >= 4 is 13.3 Å². The van der Waals surface area contributed by atoms with E-state index in [9.17, 15) is 8.78 Å². The fraction of sp³-hybridized carbons (Fsp3) is 0.143. The number of methoxy groups -OCH3 is 1. The summed E-state index contributed by atoms with van der Waals surface area (Å²) in [4.78, 5) is 0. The molecule has 1 aromatic carbocycles. The molecule has 0 aliphatic rings. The van der Waals surface area contributed by atoms with Crippen molar-refractivity contribution in [3.63, 3.8) is 0 Å². The summed E-state index contributed by atoms with van der Waals surface area (Å²) in [6.07, 6.45) is 0. The van der Waals surface area contributed by atoms with E-state index >= 15 is 0 Å². The van der Waals surface area contributed by atoms with E-state index in [2.05, 4.69) is 4.74 Å². The largest absolute Gasteiger partial charge is 0.497 e. The Morgan fingerprint density at radius 3 is 2.09 bits per heavy atom. The van der Waals surface area contributed by atoms with Crippen molar-refractivity contribution in [3.8, 4) is 5.75 Å². The molecule has 11 heavy (non-hydrogen) atoms. The second-order valence-corrected chi connectivity index (χ2v) is 2.00. The summed E-state index contributed by atoms with van der Waals surface area (Å²) in [5.41, 5.74) is -0.481. The topological polar surface area (TPSA) is 9.23 Å². The molecular formula is C7H5BF2O. The number of halogens is 2. The summed E-state index contributed by atoms with van der Waals surface area (Å²) in [6.45, 7) is 0. The van der Waals surface area contributed by atoms with Crippen molar-refractivity contribution in [1.82, 2.24) is 0 Å². The van der Waals surface area contributed by atoms with E-state index in [0.717, 1.165) is 12.1 Å². The number of ether oxygens (including phenoxy) is 1. The van der Waals surface area contributed by atoms with Crippen LogP contribution in [0.25, 0.3) is 0 Å². The Morgan fingerprint density at radius 2 is 1.73 bits per heavy atom. The van der Waals surface area contributed by atoms with E-state index in [1.54, 1.807) is 0 Å². The van der Waals surface area contributed by atoms with E-state index < -0.39 is 17.1 Å². The summed E-state index contributed by atoms with van der Waals surface area (Å²) in [6, 6.07) is 2.05. The van der Waals surface area contributed by atoms with Gasteiger partial charge in [-0.1, -0.05) is 0 Å². The first-order valence-corrected chi connectivity index (χ1v) is 2.93. The van der Waals surface area contributed by atoms with E-state index in [4.69, 9.17) is 7.85 Å². The normalized spacial score (nSPS) is 9.73. The van der Waals surface area contributed by atoms with Gasteiger partial charge in [0.05, 0.1) is 7.11 Å². The van der Waals surface area contributed by atoms with Crippen LogP contribution in [0.4, 0.5) is 8.78 Å². The summed E-state index contributed by atoms with van der Waals surface area (Å²) >= 11 is 0. The van der Waals surface area contributed by atoms with Gasteiger partial charge in [-0.15, -0.1) is 0 Å². The van der Waals surface area contributed by atoms with E-state index in [0.29, 0.717) is 0 Å². The minimum atomic E-state index is -0.804.